The van der Waals surface area contributed by atoms with Crippen LogP contribution in [0.1, 0.15) is 52.4 Å². The summed E-state index contributed by atoms with van der Waals surface area (Å²) in [4.78, 5) is 28.3. The van der Waals surface area contributed by atoms with E-state index in [0.717, 1.165) is 53.5 Å². The van der Waals surface area contributed by atoms with Crippen molar-refractivity contribution < 1.29 is 14.4 Å². The van der Waals surface area contributed by atoms with Crippen LogP contribution in [0.3, 0.4) is 0 Å². The molecule has 2 N–H and O–H groups in total. The Labute approximate surface area is 226 Å². The van der Waals surface area contributed by atoms with Gasteiger partial charge in [-0.05, 0) is 24.5 Å². The summed E-state index contributed by atoms with van der Waals surface area (Å²) in [6.07, 6.45) is 7.19. The lowest BCUT2D eigenvalue weighted by molar-refractivity contribution is 0.405. The maximum Gasteiger partial charge on any atom is 0.333 e. The molecule has 4 aromatic rings. The van der Waals surface area contributed by atoms with E-state index < -0.39 is 8.25 Å². The molecule has 1 heterocycles. The molecule has 4 rings (SSSR count). The van der Waals surface area contributed by atoms with Crippen LogP contribution in [0.15, 0.2) is 95.8 Å². The van der Waals surface area contributed by atoms with E-state index in [0.29, 0.717) is 0 Å². The molecule has 7 heteroatoms. The van der Waals surface area contributed by atoms with E-state index in [1.165, 1.54) is 25.7 Å². The first kappa shape index (κ1) is 29.4. The van der Waals surface area contributed by atoms with Gasteiger partial charge in [0.1, 0.15) is 0 Å². The Hall–Kier alpha value is -3.18. The number of unbranched alkanes of at least 4 members (excludes halogenated alkanes) is 2. The van der Waals surface area contributed by atoms with Gasteiger partial charge in [-0.1, -0.05) is 125 Å². The van der Waals surface area contributed by atoms with Gasteiger partial charge in [0.2, 0.25) is 0 Å². The second-order valence-electron chi connectivity index (χ2n) is 9.35. The summed E-state index contributed by atoms with van der Waals surface area (Å²) in [5.74, 6) is 0.825. The molecule has 0 radical (unpaired) electrons. The summed E-state index contributed by atoms with van der Waals surface area (Å²) in [6, 6.07) is 30.7. The average molecular weight is 535 g/mol. The molecule has 0 atom stereocenters. The number of rotatable bonds is 11. The topological polar surface area (TPSA) is 84.5 Å². The van der Waals surface area contributed by atoms with Gasteiger partial charge in [0, 0.05) is 17.7 Å². The molecule has 0 spiro atoms. The molecular weight excluding hydrogens is 495 g/mol. The quantitative estimate of drug-likeness (QED) is 0.156. The summed E-state index contributed by atoms with van der Waals surface area (Å²) in [5, 5.41) is 0. The highest BCUT2D eigenvalue weighted by molar-refractivity contribution is 7.30. The fourth-order valence-corrected chi connectivity index (χ4v) is 4.90. The van der Waals surface area contributed by atoms with Crippen molar-refractivity contribution in [1.82, 2.24) is 9.13 Å². The number of benzene rings is 3. The largest absolute Gasteiger partial charge is 0.333 e. The number of nitrogens with zero attached hydrogens (tertiary/aromatic N) is 2. The number of hydrogen-bond donors (Lipinski definition) is 2. The third-order valence-corrected chi connectivity index (χ3v) is 6.90. The molecule has 3 aromatic carbocycles. The summed E-state index contributed by atoms with van der Waals surface area (Å²) in [7, 11) is -3.13. The maximum atomic E-state index is 13.9. The monoisotopic (exact) mass is 534 g/mol. The summed E-state index contributed by atoms with van der Waals surface area (Å²) >= 11 is 0. The van der Waals surface area contributed by atoms with Crippen LogP contribution in [0.5, 0.6) is 0 Å². The van der Waals surface area contributed by atoms with Gasteiger partial charge in [0.05, 0.1) is 17.1 Å². The van der Waals surface area contributed by atoms with Crippen LogP contribution in [0, 0.1) is 5.92 Å². The lowest BCUT2D eigenvalue weighted by Crippen LogP contribution is -2.24. The van der Waals surface area contributed by atoms with Gasteiger partial charge in [-0.25, -0.2) is 4.79 Å². The molecule has 1 aromatic heterocycles. The number of para-hydroxylation sites is 1. The molecule has 0 saturated heterocycles. The van der Waals surface area contributed by atoms with Crippen LogP contribution in [-0.4, -0.2) is 18.9 Å². The van der Waals surface area contributed by atoms with Crippen LogP contribution in [0.4, 0.5) is 0 Å². The van der Waals surface area contributed by atoms with E-state index >= 15 is 0 Å². The highest BCUT2D eigenvalue weighted by Crippen LogP contribution is 2.33. The Morgan fingerprint density at radius 3 is 1.68 bits per heavy atom. The molecular formula is C31H39N2O4P. The Kier molecular flexibility index (Phi) is 11.8. The average Bonchev–Trinajstić information content (AvgIpc) is 3.23. The predicted octanol–water partition coefficient (Wildman–Crippen LogP) is 7.33. The third kappa shape index (κ3) is 7.91. The molecule has 0 unspecified atom stereocenters. The molecule has 0 aliphatic carbocycles. The van der Waals surface area contributed by atoms with Gasteiger partial charge in [0.25, 0.3) is 0 Å². The molecule has 0 amide bonds. The third-order valence-electron chi connectivity index (χ3n) is 6.90. The van der Waals surface area contributed by atoms with E-state index in [9.17, 15) is 4.79 Å². The van der Waals surface area contributed by atoms with Gasteiger partial charge in [-0.15, -0.1) is 0 Å². The van der Waals surface area contributed by atoms with Crippen LogP contribution in [0.2, 0.25) is 0 Å². The van der Waals surface area contributed by atoms with Gasteiger partial charge < -0.3 is 9.79 Å². The van der Waals surface area contributed by atoms with Crippen molar-refractivity contribution in [3.05, 3.63) is 101 Å². The minimum Gasteiger partial charge on any atom is -0.326 e. The van der Waals surface area contributed by atoms with Gasteiger partial charge in [-0.3, -0.25) is 13.7 Å². The first-order valence-corrected chi connectivity index (χ1v) is 14.7. The van der Waals surface area contributed by atoms with Crippen molar-refractivity contribution in [3.8, 4) is 28.2 Å². The zero-order valence-electron chi connectivity index (χ0n) is 22.3. The molecule has 202 valence electrons. The van der Waals surface area contributed by atoms with Crippen molar-refractivity contribution in [1.29, 1.82) is 0 Å². The SMILES string of the molecule is CCC(CC)CCCCCn1c(-c2ccccc2)c(-c2ccccc2)n(-c2ccccc2)c1=O.O=[PH](O)O. The highest BCUT2D eigenvalue weighted by atomic mass is 31.1. The normalized spacial score (nSPS) is 11.0. The summed E-state index contributed by atoms with van der Waals surface area (Å²) < 4.78 is 12.6. The Morgan fingerprint density at radius 1 is 0.711 bits per heavy atom. The minimum atomic E-state index is -3.13. The lowest BCUT2D eigenvalue weighted by Gasteiger charge is -2.13. The van der Waals surface area contributed by atoms with Crippen LogP contribution < -0.4 is 5.69 Å². The van der Waals surface area contributed by atoms with Gasteiger partial charge >= 0.3 is 13.9 Å². The van der Waals surface area contributed by atoms with E-state index in [4.69, 9.17) is 14.4 Å². The zero-order valence-corrected chi connectivity index (χ0v) is 23.3. The fraction of sp³-hybridized carbons (Fsp3) is 0.323. The van der Waals surface area contributed by atoms with Crippen LogP contribution >= 0.6 is 8.25 Å². The van der Waals surface area contributed by atoms with Crippen LogP contribution in [0.25, 0.3) is 28.2 Å². The van der Waals surface area contributed by atoms with Crippen molar-refractivity contribution in [3.63, 3.8) is 0 Å². The lowest BCUT2D eigenvalue weighted by atomic mass is 9.96. The summed E-state index contributed by atoms with van der Waals surface area (Å²) in [5.41, 5.74) is 5.01. The number of imidazole rings is 1. The van der Waals surface area contributed by atoms with E-state index in [1.807, 2.05) is 63.7 Å². The number of aromatic nitrogens is 2. The first-order chi connectivity index (χ1) is 18.5. The van der Waals surface area contributed by atoms with E-state index in [2.05, 4.69) is 50.2 Å². The smallest absolute Gasteiger partial charge is 0.326 e. The first-order valence-electron chi connectivity index (χ1n) is 13.4. The van der Waals surface area contributed by atoms with Crippen molar-refractivity contribution in [2.45, 2.75) is 58.9 Å². The van der Waals surface area contributed by atoms with Gasteiger partial charge in [0.15, 0.2) is 0 Å². The minimum absolute atomic E-state index is 0.0314. The highest BCUT2D eigenvalue weighted by Gasteiger charge is 2.23. The van der Waals surface area contributed by atoms with Crippen molar-refractivity contribution in [2.75, 3.05) is 0 Å². The second kappa shape index (κ2) is 15.3. The Balaban J connectivity index is 0.000000934. The van der Waals surface area contributed by atoms with E-state index in [1.54, 1.807) is 0 Å². The fourth-order valence-electron chi connectivity index (χ4n) is 4.90. The molecule has 0 aliphatic heterocycles. The molecule has 0 aliphatic rings. The Morgan fingerprint density at radius 2 is 1.18 bits per heavy atom. The maximum absolute atomic E-state index is 13.9. The van der Waals surface area contributed by atoms with Crippen molar-refractivity contribution >= 4 is 8.25 Å². The van der Waals surface area contributed by atoms with E-state index in [-0.39, 0.29) is 5.69 Å². The Bertz CT molecular complexity index is 1310. The van der Waals surface area contributed by atoms with Crippen molar-refractivity contribution in [2.24, 2.45) is 5.92 Å². The second-order valence-corrected chi connectivity index (χ2v) is 9.91. The standard InChI is InChI=1S/C31H36N2O.H3O3P/c1-3-25(4-2)17-9-8-16-24-32-29(26-18-10-5-11-19-26)30(27-20-12-6-13-21-27)33(31(32)34)28-22-14-7-15-23-28;1-4(2)3/h5-7,10-15,18-23,25H,3-4,8-9,16-17,24H2,1-2H3;4H,(H2,1,2,3). The molecule has 0 bridgehead atoms. The summed E-state index contributed by atoms with van der Waals surface area (Å²) in [6.45, 7) is 5.31. The molecule has 6 nitrogen and oxygen atoms in total. The molecule has 0 fully saturated rings. The molecule has 38 heavy (non-hydrogen) atoms. The van der Waals surface area contributed by atoms with Crippen LogP contribution in [-0.2, 0) is 11.1 Å². The molecule has 0 saturated carbocycles. The van der Waals surface area contributed by atoms with Gasteiger partial charge in [-0.2, -0.15) is 0 Å². The zero-order chi connectivity index (χ0) is 27.3. The predicted molar refractivity (Wildman–Crippen MR) is 157 cm³/mol. The number of hydrogen-bond acceptors (Lipinski definition) is 2.